The molecule has 1 heterocycles. The number of carbonyl (C=O) groups is 1. The minimum Gasteiger partial charge on any atom is -0.463 e. The zero-order valence-corrected chi connectivity index (χ0v) is 10.9. The zero-order valence-electron chi connectivity index (χ0n) is 10.9. The molecule has 0 N–H and O–H groups in total. The van der Waals surface area contributed by atoms with Crippen molar-refractivity contribution in [3.8, 4) is 0 Å². The van der Waals surface area contributed by atoms with Crippen molar-refractivity contribution < 1.29 is 19.0 Å². The largest absolute Gasteiger partial charge is 0.463 e. The summed E-state index contributed by atoms with van der Waals surface area (Å²) >= 11 is 0. The SMILES string of the molecule is CC(C)COCCC(=O)OCC1CCCCO1. The summed E-state index contributed by atoms with van der Waals surface area (Å²) in [7, 11) is 0. The molecule has 0 aromatic heterocycles. The molecule has 0 aromatic carbocycles. The lowest BCUT2D eigenvalue weighted by molar-refractivity contribution is -0.150. The molecule has 1 aliphatic rings. The Morgan fingerprint density at radius 3 is 2.88 bits per heavy atom. The van der Waals surface area contributed by atoms with Crippen LogP contribution in [0.2, 0.25) is 0 Å². The Hall–Kier alpha value is -0.610. The van der Waals surface area contributed by atoms with E-state index in [-0.39, 0.29) is 12.1 Å². The Morgan fingerprint density at radius 1 is 1.41 bits per heavy atom. The molecular weight excluding hydrogens is 220 g/mol. The van der Waals surface area contributed by atoms with Gasteiger partial charge in [0.2, 0.25) is 0 Å². The van der Waals surface area contributed by atoms with E-state index in [1.165, 1.54) is 6.42 Å². The van der Waals surface area contributed by atoms with Gasteiger partial charge in [0.15, 0.2) is 0 Å². The Morgan fingerprint density at radius 2 is 2.24 bits per heavy atom. The molecule has 4 nitrogen and oxygen atoms in total. The van der Waals surface area contributed by atoms with Crippen LogP contribution in [0.1, 0.15) is 39.5 Å². The van der Waals surface area contributed by atoms with Gasteiger partial charge in [-0.3, -0.25) is 4.79 Å². The first-order valence-corrected chi connectivity index (χ1v) is 6.53. The summed E-state index contributed by atoms with van der Waals surface area (Å²) in [5.41, 5.74) is 0. The normalized spacial score (nSPS) is 20.5. The summed E-state index contributed by atoms with van der Waals surface area (Å²) < 4.78 is 15.9. The first-order chi connectivity index (χ1) is 8.18. The quantitative estimate of drug-likeness (QED) is 0.508. The average Bonchev–Trinajstić information content (AvgIpc) is 2.33. The Balaban J connectivity index is 1.96. The van der Waals surface area contributed by atoms with Gasteiger partial charge in [0.25, 0.3) is 0 Å². The van der Waals surface area contributed by atoms with Crippen LogP contribution in [0.15, 0.2) is 0 Å². The smallest absolute Gasteiger partial charge is 0.308 e. The third-order valence-corrected chi connectivity index (χ3v) is 2.61. The average molecular weight is 244 g/mol. The molecule has 0 aliphatic carbocycles. The van der Waals surface area contributed by atoms with Gasteiger partial charge in [-0.15, -0.1) is 0 Å². The molecular formula is C13H24O4. The highest BCUT2D eigenvalue weighted by Crippen LogP contribution is 2.12. The highest BCUT2D eigenvalue weighted by Gasteiger charge is 2.15. The van der Waals surface area contributed by atoms with Crippen molar-refractivity contribution in [3.63, 3.8) is 0 Å². The van der Waals surface area contributed by atoms with E-state index in [0.29, 0.717) is 32.2 Å². The number of rotatable bonds is 7. The van der Waals surface area contributed by atoms with Gasteiger partial charge in [-0.25, -0.2) is 0 Å². The summed E-state index contributed by atoms with van der Waals surface area (Å²) in [5.74, 6) is 0.310. The highest BCUT2D eigenvalue weighted by molar-refractivity contribution is 5.69. The minimum atomic E-state index is -0.192. The van der Waals surface area contributed by atoms with Crippen molar-refractivity contribution in [1.82, 2.24) is 0 Å². The summed E-state index contributed by atoms with van der Waals surface area (Å²) in [4.78, 5) is 11.4. The van der Waals surface area contributed by atoms with Gasteiger partial charge < -0.3 is 14.2 Å². The van der Waals surface area contributed by atoms with Crippen LogP contribution in [0.25, 0.3) is 0 Å². The van der Waals surface area contributed by atoms with Gasteiger partial charge >= 0.3 is 5.97 Å². The summed E-state index contributed by atoms with van der Waals surface area (Å²) in [6, 6.07) is 0. The standard InChI is InChI=1S/C13H24O4/c1-11(2)9-15-8-6-13(14)17-10-12-5-3-4-7-16-12/h11-12H,3-10H2,1-2H3. The maximum Gasteiger partial charge on any atom is 0.308 e. The Kier molecular flexibility index (Phi) is 7.21. The van der Waals surface area contributed by atoms with Crippen LogP contribution in [0.5, 0.6) is 0 Å². The predicted octanol–water partition coefficient (Wildman–Crippen LogP) is 2.16. The lowest BCUT2D eigenvalue weighted by atomic mass is 10.1. The fourth-order valence-electron chi connectivity index (χ4n) is 1.67. The van der Waals surface area contributed by atoms with Gasteiger partial charge in [-0.1, -0.05) is 13.8 Å². The van der Waals surface area contributed by atoms with E-state index < -0.39 is 0 Å². The molecule has 0 radical (unpaired) electrons. The molecule has 1 unspecified atom stereocenters. The number of ether oxygens (including phenoxy) is 3. The first kappa shape index (κ1) is 14.5. The molecule has 0 aromatic rings. The van der Waals surface area contributed by atoms with E-state index in [9.17, 15) is 4.79 Å². The van der Waals surface area contributed by atoms with Crippen molar-refractivity contribution in [2.24, 2.45) is 5.92 Å². The van der Waals surface area contributed by atoms with Crippen molar-refractivity contribution in [1.29, 1.82) is 0 Å². The molecule has 4 heteroatoms. The monoisotopic (exact) mass is 244 g/mol. The Bertz CT molecular complexity index is 209. The summed E-state index contributed by atoms with van der Waals surface area (Å²) in [6.45, 7) is 6.49. The fraction of sp³-hybridized carbons (Fsp3) is 0.923. The van der Waals surface area contributed by atoms with Crippen LogP contribution >= 0.6 is 0 Å². The molecule has 100 valence electrons. The number of hydrogen-bond acceptors (Lipinski definition) is 4. The van der Waals surface area contributed by atoms with Gasteiger partial charge in [-0.05, 0) is 25.2 Å². The van der Waals surface area contributed by atoms with Gasteiger partial charge in [-0.2, -0.15) is 0 Å². The first-order valence-electron chi connectivity index (χ1n) is 6.53. The van der Waals surface area contributed by atoms with Crippen LogP contribution < -0.4 is 0 Å². The predicted molar refractivity (Wildman–Crippen MR) is 64.8 cm³/mol. The van der Waals surface area contributed by atoms with Crippen LogP contribution in [0.3, 0.4) is 0 Å². The van der Waals surface area contributed by atoms with Crippen molar-refractivity contribution in [2.75, 3.05) is 26.4 Å². The summed E-state index contributed by atoms with van der Waals surface area (Å²) in [5, 5.41) is 0. The fourth-order valence-corrected chi connectivity index (χ4v) is 1.67. The van der Waals surface area contributed by atoms with Crippen molar-refractivity contribution in [2.45, 2.75) is 45.6 Å². The van der Waals surface area contributed by atoms with E-state index in [1.54, 1.807) is 0 Å². The van der Waals surface area contributed by atoms with E-state index in [2.05, 4.69) is 13.8 Å². The third kappa shape index (κ3) is 7.34. The zero-order chi connectivity index (χ0) is 12.5. The number of carbonyl (C=O) groups excluding carboxylic acids is 1. The maximum atomic E-state index is 11.4. The van der Waals surface area contributed by atoms with E-state index in [4.69, 9.17) is 14.2 Å². The molecule has 0 spiro atoms. The van der Waals surface area contributed by atoms with E-state index >= 15 is 0 Å². The minimum absolute atomic E-state index is 0.101. The maximum absolute atomic E-state index is 11.4. The molecule has 17 heavy (non-hydrogen) atoms. The van der Waals surface area contributed by atoms with Crippen LogP contribution in [-0.4, -0.2) is 38.5 Å². The molecule has 0 bridgehead atoms. The molecule has 1 atom stereocenters. The molecule has 1 aliphatic heterocycles. The molecule has 0 saturated carbocycles. The lowest BCUT2D eigenvalue weighted by Crippen LogP contribution is -2.26. The van der Waals surface area contributed by atoms with Gasteiger partial charge in [0.1, 0.15) is 6.61 Å². The second-order valence-electron chi connectivity index (χ2n) is 4.89. The second kappa shape index (κ2) is 8.48. The third-order valence-electron chi connectivity index (χ3n) is 2.61. The van der Waals surface area contributed by atoms with E-state index in [0.717, 1.165) is 19.4 Å². The number of esters is 1. The molecule has 1 saturated heterocycles. The second-order valence-corrected chi connectivity index (χ2v) is 4.89. The van der Waals surface area contributed by atoms with Crippen molar-refractivity contribution >= 4 is 5.97 Å². The lowest BCUT2D eigenvalue weighted by Gasteiger charge is -2.22. The topological polar surface area (TPSA) is 44.8 Å². The summed E-state index contributed by atoms with van der Waals surface area (Å²) in [6.07, 6.45) is 3.72. The Labute approximate surface area is 104 Å². The van der Waals surface area contributed by atoms with Gasteiger partial charge in [0, 0.05) is 13.2 Å². The van der Waals surface area contributed by atoms with Gasteiger partial charge in [0.05, 0.1) is 19.1 Å². The highest BCUT2D eigenvalue weighted by atomic mass is 16.6. The van der Waals surface area contributed by atoms with Crippen molar-refractivity contribution in [3.05, 3.63) is 0 Å². The molecule has 1 rings (SSSR count). The molecule has 1 fully saturated rings. The molecule has 0 amide bonds. The van der Waals surface area contributed by atoms with Crippen LogP contribution in [0, 0.1) is 5.92 Å². The van der Waals surface area contributed by atoms with Crippen LogP contribution in [0.4, 0.5) is 0 Å². The van der Waals surface area contributed by atoms with E-state index in [1.807, 2.05) is 0 Å². The number of hydrogen-bond donors (Lipinski definition) is 0. The van der Waals surface area contributed by atoms with Crippen LogP contribution in [-0.2, 0) is 19.0 Å².